The highest BCUT2D eigenvalue weighted by atomic mass is 14.9. The Bertz CT molecular complexity index is 1030. The first-order valence-electron chi connectivity index (χ1n) is 10.2. The van der Waals surface area contributed by atoms with Gasteiger partial charge in [0.05, 0.1) is 11.4 Å². The molecule has 29 heavy (non-hydrogen) atoms. The second kappa shape index (κ2) is 8.40. The number of rotatable bonds is 5. The van der Waals surface area contributed by atoms with Crippen molar-refractivity contribution in [3.8, 4) is 33.9 Å². The minimum absolute atomic E-state index is 0.499. The number of hydrogen-bond acceptors (Lipinski definition) is 2. The Labute approximate surface area is 173 Å². The van der Waals surface area contributed by atoms with Crippen molar-refractivity contribution in [2.75, 3.05) is 0 Å². The van der Waals surface area contributed by atoms with Gasteiger partial charge in [-0.05, 0) is 29.5 Å². The zero-order valence-corrected chi connectivity index (χ0v) is 17.2. The molecule has 3 aromatic carbocycles. The van der Waals surface area contributed by atoms with Crippen LogP contribution in [0.4, 0.5) is 0 Å². The quantitative estimate of drug-likeness (QED) is 0.366. The standard InChI is InChI=1S/C27H26N2/c1-19(2)20(3)23-15-10-16-24(17-23)26-18-25(21-11-6-4-7-12-21)28-27(29-26)22-13-8-5-9-14-22/h4-20H,1-3H3. The van der Waals surface area contributed by atoms with Gasteiger partial charge in [0.2, 0.25) is 0 Å². The molecule has 1 aromatic heterocycles. The predicted octanol–water partition coefficient (Wildman–Crippen LogP) is 7.24. The highest BCUT2D eigenvalue weighted by Gasteiger charge is 2.13. The smallest absolute Gasteiger partial charge is 0.160 e. The predicted molar refractivity (Wildman–Crippen MR) is 122 cm³/mol. The fourth-order valence-corrected chi connectivity index (χ4v) is 3.43. The molecule has 4 rings (SSSR count). The summed E-state index contributed by atoms with van der Waals surface area (Å²) in [6.07, 6.45) is 0. The van der Waals surface area contributed by atoms with E-state index in [1.807, 2.05) is 36.4 Å². The van der Waals surface area contributed by atoms with Crippen LogP contribution in [0.15, 0.2) is 91.0 Å². The number of hydrogen-bond donors (Lipinski definition) is 0. The van der Waals surface area contributed by atoms with Gasteiger partial charge in [-0.1, -0.05) is 99.6 Å². The van der Waals surface area contributed by atoms with Crippen molar-refractivity contribution in [2.45, 2.75) is 26.7 Å². The Morgan fingerprint density at radius 2 is 1.10 bits per heavy atom. The number of aromatic nitrogens is 2. The maximum Gasteiger partial charge on any atom is 0.160 e. The maximum atomic E-state index is 4.93. The van der Waals surface area contributed by atoms with E-state index in [1.165, 1.54) is 5.56 Å². The van der Waals surface area contributed by atoms with Gasteiger partial charge in [-0.25, -0.2) is 9.97 Å². The topological polar surface area (TPSA) is 25.8 Å². The summed E-state index contributed by atoms with van der Waals surface area (Å²) >= 11 is 0. The van der Waals surface area contributed by atoms with Gasteiger partial charge < -0.3 is 0 Å². The molecule has 0 saturated carbocycles. The molecular weight excluding hydrogens is 352 g/mol. The third-order valence-corrected chi connectivity index (χ3v) is 5.54. The monoisotopic (exact) mass is 378 g/mol. The van der Waals surface area contributed by atoms with Gasteiger partial charge in [-0.15, -0.1) is 0 Å². The summed E-state index contributed by atoms with van der Waals surface area (Å²) in [5, 5.41) is 0. The minimum atomic E-state index is 0.499. The molecule has 4 aromatic rings. The normalized spacial score (nSPS) is 12.1. The highest BCUT2D eigenvalue weighted by Crippen LogP contribution is 2.30. The van der Waals surface area contributed by atoms with E-state index in [0.29, 0.717) is 11.8 Å². The Kier molecular flexibility index (Phi) is 5.53. The zero-order chi connectivity index (χ0) is 20.2. The third-order valence-electron chi connectivity index (χ3n) is 5.54. The average molecular weight is 379 g/mol. The van der Waals surface area contributed by atoms with E-state index < -0.39 is 0 Å². The molecule has 0 saturated heterocycles. The van der Waals surface area contributed by atoms with Gasteiger partial charge in [0.25, 0.3) is 0 Å². The van der Waals surface area contributed by atoms with E-state index in [0.717, 1.165) is 33.9 Å². The summed E-state index contributed by atoms with van der Waals surface area (Å²) in [6, 6.07) is 31.4. The second-order valence-corrected chi connectivity index (χ2v) is 7.85. The molecule has 0 amide bonds. The molecule has 1 heterocycles. The van der Waals surface area contributed by atoms with Crippen molar-refractivity contribution in [3.63, 3.8) is 0 Å². The van der Waals surface area contributed by atoms with Crippen molar-refractivity contribution in [1.82, 2.24) is 9.97 Å². The van der Waals surface area contributed by atoms with Crippen LogP contribution in [0.5, 0.6) is 0 Å². The molecule has 0 spiro atoms. The van der Waals surface area contributed by atoms with E-state index >= 15 is 0 Å². The van der Waals surface area contributed by atoms with Crippen LogP contribution in [0.3, 0.4) is 0 Å². The molecule has 1 unspecified atom stereocenters. The van der Waals surface area contributed by atoms with Crippen LogP contribution < -0.4 is 0 Å². The lowest BCUT2D eigenvalue weighted by Gasteiger charge is -2.17. The largest absolute Gasteiger partial charge is 0.228 e. The highest BCUT2D eigenvalue weighted by molar-refractivity contribution is 5.72. The van der Waals surface area contributed by atoms with Gasteiger partial charge in [-0.2, -0.15) is 0 Å². The van der Waals surface area contributed by atoms with Crippen LogP contribution in [0.1, 0.15) is 32.3 Å². The molecule has 0 fully saturated rings. The number of nitrogens with zero attached hydrogens (tertiary/aromatic N) is 2. The first kappa shape index (κ1) is 19.1. The average Bonchev–Trinajstić information content (AvgIpc) is 2.79. The van der Waals surface area contributed by atoms with Crippen LogP contribution in [0.2, 0.25) is 0 Å². The van der Waals surface area contributed by atoms with Crippen molar-refractivity contribution < 1.29 is 0 Å². The molecule has 0 radical (unpaired) electrons. The first-order valence-corrected chi connectivity index (χ1v) is 10.2. The molecule has 0 N–H and O–H groups in total. The molecule has 1 atom stereocenters. The van der Waals surface area contributed by atoms with Gasteiger partial charge >= 0.3 is 0 Å². The summed E-state index contributed by atoms with van der Waals surface area (Å²) in [4.78, 5) is 9.81. The van der Waals surface area contributed by atoms with Crippen LogP contribution in [-0.2, 0) is 0 Å². The summed E-state index contributed by atoms with van der Waals surface area (Å²) < 4.78 is 0. The van der Waals surface area contributed by atoms with E-state index in [9.17, 15) is 0 Å². The van der Waals surface area contributed by atoms with E-state index in [2.05, 4.69) is 75.4 Å². The molecule has 0 bridgehead atoms. The van der Waals surface area contributed by atoms with Gasteiger partial charge in [0.1, 0.15) is 0 Å². The lowest BCUT2D eigenvalue weighted by Crippen LogP contribution is -2.02. The molecule has 0 aliphatic rings. The van der Waals surface area contributed by atoms with Crippen LogP contribution >= 0.6 is 0 Å². The molecule has 0 aliphatic carbocycles. The van der Waals surface area contributed by atoms with Gasteiger partial charge in [-0.3, -0.25) is 0 Å². The fourth-order valence-electron chi connectivity index (χ4n) is 3.43. The van der Waals surface area contributed by atoms with Crippen molar-refractivity contribution >= 4 is 0 Å². The van der Waals surface area contributed by atoms with Crippen molar-refractivity contribution in [3.05, 3.63) is 96.6 Å². The van der Waals surface area contributed by atoms with Crippen molar-refractivity contribution in [2.24, 2.45) is 5.92 Å². The Hall–Kier alpha value is -3.26. The molecule has 144 valence electrons. The molecule has 2 heteroatoms. The van der Waals surface area contributed by atoms with E-state index in [1.54, 1.807) is 0 Å². The zero-order valence-electron chi connectivity index (χ0n) is 17.2. The summed E-state index contributed by atoms with van der Waals surface area (Å²) in [5.41, 5.74) is 6.50. The van der Waals surface area contributed by atoms with E-state index in [4.69, 9.17) is 9.97 Å². The van der Waals surface area contributed by atoms with E-state index in [-0.39, 0.29) is 0 Å². The summed E-state index contributed by atoms with van der Waals surface area (Å²) in [7, 11) is 0. The Morgan fingerprint density at radius 3 is 1.72 bits per heavy atom. The van der Waals surface area contributed by atoms with Gasteiger partial charge in [0.15, 0.2) is 5.82 Å². The molecule has 0 aliphatic heterocycles. The third kappa shape index (κ3) is 4.27. The lowest BCUT2D eigenvalue weighted by atomic mass is 9.89. The SMILES string of the molecule is CC(C)C(C)c1cccc(-c2cc(-c3ccccc3)nc(-c3ccccc3)n2)c1. The molecule has 2 nitrogen and oxygen atoms in total. The fraction of sp³-hybridized carbons (Fsp3) is 0.185. The maximum absolute atomic E-state index is 4.93. The molecular formula is C27H26N2. The van der Waals surface area contributed by atoms with Crippen LogP contribution in [0.25, 0.3) is 33.9 Å². The summed E-state index contributed by atoms with van der Waals surface area (Å²) in [6.45, 7) is 6.82. The second-order valence-electron chi connectivity index (χ2n) is 7.85. The van der Waals surface area contributed by atoms with Gasteiger partial charge in [0, 0.05) is 16.7 Å². The van der Waals surface area contributed by atoms with Crippen LogP contribution in [0, 0.1) is 5.92 Å². The lowest BCUT2D eigenvalue weighted by molar-refractivity contribution is 0.535. The van der Waals surface area contributed by atoms with Crippen LogP contribution in [-0.4, -0.2) is 9.97 Å². The Morgan fingerprint density at radius 1 is 0.552 bits per heavy atom. The number of benzene rings is 3. The summed E-state index contributed by atoms with van der Waals surface area (Å²) in [5.74, 6) is 1.85. The first-order chi connectivity index (χ1) is 14.1. The van der Waals surface area contributed by atoms with Crippen molar-refractivity contribution in [1.29, 1.82) is 0 Å². The Balaban J connectivity index is 1.86. The minimum Gasteiger partial charge on any atom is -0.228 e.